The molecule has 0 bridgehead atoms. The van der Waals surface area contributed by atoms with Crippen molar-refractivity contribution in [2.45, 2.75) is 38.4 Å². The van der Waals surface area contributed by atoms with Crippen molar-refractivity contribution in [2.75, 3.05) is 26.3 Å². The van der Waals surface area contributed by atoms with Gasteiger partial charge in [0.1, 0.15) is 24.7 Å². The lowest BCUT2D eigenvalue weighted by molar-refractivity contribution is -0.137. The monoisotopic (exact) mass is 430 g/mol. The van der Waals surface area contributed by atoms with E-state index in [0.29, 0.717) is 0 Å². The summed E-state index contributed by atoms with van der Waals surface area (Å²) >= 11 is 0. The third kappa shape index (κ3) is 3.87. The quantitative estimate of drug-likeness (QED) is 0.594. The van der Waals surface area contributed by atoms with Crippen LogP contribution in [0.15, 0.2) is 36.4 Å². The third-order valence-electron chi connectivity index (χ3n) is 6.16. The first kappa shape index (κ1) is 20.2. The van der Waals surface area contributed by atoms with E-state index in [4.69, 9.17) is 9.47 Å². The molecule has 31 heavy (non-hydrogen) atoms. The highest BCUT2D eigenvalue weighted by Crippen LogP contribution is 2.39. The fourth-order valence-corrected chi connectivity index (χ4v) is 4.83. The van der Waals surface area contributed by atoms with Gasteiger partial charge in [0.15, 0.2) is 0 Å². The van der Waals surface area contributed by atoms with Gasteiger partial charge in [-0.3, -0.25) is 0 Å². The number of benzene rings is 2. The number of halogens is 3. The van der Waals surface area contributed by atoms with Crippen molar-refractivity contribution in [1.82, 2.24) is 9.88 Å². The molecule has 164 valence electrons. The standard InChI is InChI=1S/C24H25F3N2O2/c25-24(26,27)17-4-1-5-18(15-17)30-13-14-31-21-7-6-16-3-2-12-29-20-9-11-28-10-8-19(20)22(21)23(16)29/h1,4-7,15,28H,2-3,8-14H2. The van der Waals surface area contributed by atoms with E-state index in [9.17, 15) is 13.2 Å². The lowest BCUT2D eigenvalue weighted by atomic mass is 10.0. The minimum absolute atomic E-state index is 0.176. The Morgan fingerprint density at radius 1 is 0.968 bits per heavy atom. The van der Waals surface area contributed by atoms with E-state index in [0.717, 1.165) is 63.2 Å². The van der Waals surface area contributed by atoms with Crippen LogP contribution in [-0.4, -0.2) is 30.9 Å². The largest absolute Gasteiger partial charge is 0.490 e. The fraction of sp³-hybridized carbons (Fsp3) is 0.417. The van der Waals surface area contributed by atoms with Gasteiger partial charge in [-0.25, -0.2) is 0 Å². The van der Waals surface area contributed by atoms with E-state index >= 15 is 0 Å². The maximum atomic E-state index is 12.9. The van der Waals surface area contributed by atoms with E-state index in [-0.39, 0.29) is 19.0 Å². The molecule has 0 radical (unpaired) electrons. The molecule has 1 N–H and O–H groups in total. The molecule has 3 aromatic rings. The van der Waals surface area contributed by atoms with Crippen LogP contribution in [0.4, 0.5) is 13.2 Å². The summed E-state index contributed by atoms with van der Waals surface area (Å²) in [5, 5.41) is 4.68. The summed E-state index contributed by atoms with van der Waals surface area (Å²) in [5.41, 5.74) is 4.74. The van der Waals surface area contributed by atoms with Gasteiger partial charge < -0.3 is 19.4 Å². The molecule has 2 aliphatic rings. The van der Waals surface area contributed by atoms with Crippen LogP contribution in [0, 0.1) is 0 Å². The topological polar surface area (TPSA) is 35.4 Å². The second-order valence-corrected chi connectivity index (χ2v) is 8.10. The highest BCUT2D eigenvalue weighted by Gasteiger charge is 2.30. The molecule has 0 unspecified atom stereocenters. The summed E-state index contributed by atoms with van der Waals surface area (Å²) in [7, 11) is 0. The van der Waals surface area contributed by atoms with Gasteiger partial charge in [0, 0.05) is 30.6 Å². The number of aryl methyl sites for hydroxylation is 2. The Kier molecular flexibility index (Phi) is 5.30. The van der Waals surface area contributed by atoms with Gasteiger partial charge in [-0.15, -0.1) is 0 Å². The van der Waals surface area contributed by atoms with E-state index in [1.807, 2.05) is 6.07 Å². The first-order chi connectivity index (χ1) is 15.0. The molecule has 7 heteroatoms. The number of ether oxygens (including phenoxy) is 2. The Balaban J connectivity index is 1.35. The summed E-state index contributed by atoms with van der Waals surface area (Å²) in [6, 6.07) is 9.13. The van der Waals surface area contributed by atoms with Crippen LogP contribution in [0.2, 0.25) is 0 Å². The molecule has 0 amide bonds. The van der Waals surface area contributed by atoms with Crippen molar-refractivity contribution < 1.29 is 22.6 Å². The third-order valence-corrected chi connectivity index (χ3v) is 6.16. The van der Waals surface area contributed by atoms with Crippen LogP contribution in [0.5, 0.6) is 11.5 Å². The molecule has 0 atom stereocenters. The first-order valence-electron chi connectivity index (χ1n) is 10.8. The zero-order valence-electron chi connectivity index (χ0n) is 17.2. The second-order valence-electron chi connectivity index (χ2n) is 8.10. The maximum Gasteiger partial charge on any atom is 0.416 e. The summed E-state index contributed by atoms with van der Waals surface area (Å²) < 4.78 is 52.7. The molecule has 2 aromatic carbocycles. The summed E-state index contributed by atoms with van der Waals surface area (Å²) in [5.74, 6) is 1.03. The van der Waals surface area contributed by atoms with Gasteiger partial charge >= 0.3 is 6.18 Å². The molecule has 0 fully saturated rings. The highest BCUT2D eigenvalue weighted by atomic mass is 19.4. The van der Waals surface area contributed by atoms with Crippen molar-refractivity contribution in [3.05, 3.63) is 58.8 Å². The van der Waals surface area contributed by atoms with E-state index < -0.39 is 11.7 Å². The van der Waals surface area contributed by atoms with Crippen LogP contribution in [0.25, 0.3) is 10.9 Å². The Morgan fingerprint density at radius 2 is 1.81 bits per heavy atom. The molecule has 5 rings (SSSR count). The summed E-state index contributed by atoms with van der Waals surface area (Å²) in [4.78, 5) is 0. The lowest BCUT2D eigenvalue weighted by Crippen LogP contribution is -2.18. The number of hydrogen-bond acceptors (Lipinski definition) is 3. The second kappa shape index (κ2) is 8.11. The number of fused-ring (bicyclic) bond motifs is 3. The van der Waals surface area contributed by atoms with Crippen molar-refractivity contribution in [3.63, 3.8) is 0 Å². The van der Waals surface area contributed by atoms with Gasteiger partial charge in [0.05, 0.1) is 11.1 Å². The smallest absolute Gasteiger partial charge is 0.416 e. The predicted molar refractivity (Wildman–Crippen MR) is 113 cm³/mol. The zero-order valence-corrected chi connectivity index (χ0v) is 17.2. The van der Waals surface area contributed by atoms with Crippen LogP contribution in [0.3, 0.4) is 0 Å². The normalized spacial score (nSPS) is 16.1. The predicted octanol–water partition coefficient (Wildman–Crippen LogP) is 4.75. The number of nitrogens with zero attached hydrogens (tertiary/aromatic N) is 1. The number of alkyl halides is 3. The molecule has 0 saturated carbocycles. The van der Waals surface area contributed by atoms with E-state index in [2.05, 4.69) is 16.0 Å². The average molecular weight is 430 g/mol. The summed E-state index contributed by atoms with van der Waals surface area (Å²) in [6.07, 6.45) is -0.160. The molecular weight excluding hydrogens is 405 g/mol. The Hall–Kier alpha value is -2.67. The molecule has 0 aliphatic carbocycles. The maximum absolute atomic E-state index is 12.9. The van der Waals surface area contributed by atoms with Crippen LogP contribution in [-0.2, 0) is 32.0 Å². The van der Waals surface area contributed by atoms with Crippen molar-refractivity contribution in [2.24, 2.45) is 0 Å². The van der Waals surface area contributed by atoms with Gasteiger partial charge in [-0.05, 0) is 61.2 Å². The van der Waals surface area contributed by atoms with Crippen molar-refractivity contribution in [1.29, 1.82) is 0 Å². The van der Waals surface area contributed by atoms with Gasteiger partial charge in [0.2, 0.25) is 0 Å². The van der Waals surface area contributed by atoms with Crippen LogP contribution in [0.1, 0.15) is 28.8 Å². The number of hydrogen-bond donors (Lipinski definition) is 1. The Bertz CT molecular complexity index is 1100. The number of aromatic nitrogens is 1. The van der Waals surface area contributed by atoms with Crippen LogP contribution < -0.4 is 14.8 Å². The SMILES string of the molecule is FC(F)(F)c1cccc(OCCOc2ccc3c4c2c2c(n4CCC3)CCNCC2)c1. The number of rotatable bonds is 5. The van der Waals surface area contributed by atoms with E-state index in [1.54, 1.807) is 0 Å². The minimum atomic E-state index is -4.38. The molecule has 3 heterocycles. The average Bonchev–Trinajstić information content (AvgIpc) is 2.91. The van der Waals surface area contributed by atoms with Gasteiger partial charge in [0.25, 0.3) is 0 Å². The highest BCUT2D eigenvalue weighted by molar-refractivity contribution is 5.94. The first-order valence-corrected chi connectivity index (χ1v) is 10.8. The molecule has 4 nitrogen and oxygen atoms in total. The fourth-order valence-electron chi connectivity index (χ4n) is 4.83. The molecule has 1 aromatic heterocycles. The number of nitrogens with one attached hydrogen (secondary N) is 1. The van der Waals surface area contributed by atoms with Gasteiger partial charge in [-0.2, -0.15) is 13.2 Å². The van der Waals surface area contributed by atoms with E-state index in [1.165, 1.54) is 39.9 Å². The molecular formula is C24H25F3N2O2. The molecule has 0 saturated heterocycles. The van der Waals surface area contributed by atoms with Crippen molar-refractivity contribution in [3.8, 4) is 11.5 Å². The van der Waals surface area contributed by atoms with Crippen LogP contribution >= 0.6 is 0 Å². The lowest BCUT2D eigenvalue weighted by Gasteiger charge is -2.19. The van der Waals surface area contributed by atoms with Crippen molar-refractivity contribution >= 4 is 10.9 Å². The summed E-state index contributed by atoms with van der Waals surface area (Å²) in [6.45, 7) is 3.42. The Morgan fingerprint density at radius 3 is 2.68 bits per heavy atom. The molecule has 2 aliphatic heterocycles. The molecule has 0 spiro atoms. The zero-order chi connectivity index (χ0) is 21.4. The minimum Gasteiger partial charge on any atom is -0.490 e. The van der Waals surface area contributed by atoms with Gasteiger partial charge in [-0.1, -0.05) is 12.1 Å². The Labute approximate surface area is 179 Å².